The van der Waals surface area contributed by atoms with Gasteiger partial charge in [-0.15, -0.1) is 0 Å². The Kier molecular flexibility index (Phi) is 6.34. The maximum absolute atomic E-state index is 13.8. The molecular weight excluding hydrogens is 390 g/mol. The Morgan fingerprint density at radius 2 is 1.20 bits per heavy atom. The van der Waals surface area contributed by atoms with Crippen molar-refractivity contribution in [1.29, 1.82) is 0 Å². The molecule has 0 aromatic heterocycles. The lowest BCUT2D eigenvalue weighted by Crippen LogP contribution is -2.24. The first-order valence-electron chi connectivity index (χ1n) is 10.5. The van der Waals surface area contributed by atoms with Crippen molar-refractivity contribution in [3.05, 3.63) is 113 Å². The smallest absolute Gasteiger partial charge is 0.184 e. The molecule has 3 nitrogen and oxygen atoms in total. The van der Waals surface area contributed by atoms with Crippen LogP contribution in [0.25, 0.3) is 4.91 Å². The molecule has 0 radical (unpaired) electrons. The lowest BCUT2D eigenvalue weighted by Gasteiger charge is -2.26. The fraction of sp³-hybridized carbons (Fsp3) is 0.231. The normalized spacial score (nSPS) is 15.1. The summed E-state index contributed by atoms with van der Waals surface area (Å²) in [4.78, 5) is 2.75. The van der Waals surface area contributed by atoms with Gasteiger partial charge in [-0.1, -0.05) is 91.0 Å². The number of benzene rings is 3. The predicted octanol–water partition coefficient (Wildman–Crippen LogP) is 5.31. The first-order chi connectivity index (χ1) is 14.6. The van der Waals surface area contributed by atoms with Crippen molar-refractivity contribution >= 4 is 14.7 Å². The number of nitrogens with zero attached hydrogens (tertiary/aromatic N) is 1. The molecular formula is C26H27NO2S. The van der Waals surface area contributed by atoms with E-state index >= 15 is 0 Å². The van der Waals surface area contributed by atoms with Crippen molar-refractivity contribution in [3.63, 3.8) is 0 Å². The molecule has 0 amide bonds. The summed E-state index contributed by atoms with van der Waals surface area (Å²) in [7, 11) is -3.55. The summed E-state index contributed by atoms with van der Waals surface area (Å²) in [6, 6.07) is 29.2. The first-order valence-corrected chi connectivity index (χ1v) is 12.1. The molecule has 4 heteroatoms. The van der Waals surface area contributed by atoms with Gasteiger partial charge in [-0.2, -0.15) is 0 Å². The summed E-state index contributed by atoms with van der Waals surface area (Å²) in [5.41, 5.74) is 3.63. The van der Waals surface area contributed by atoms with Gasteiger partial charge in [-0.05, 0) is 29.5 Å². The molecule has 3 aromatic rings. The SMILES string of the molecule is O=S(=O)(Cc1ccccc1)/C(=C(/Cc1ccccc1)N1CCCC1)c1ccccc1. The van der Waals surface area contributed by atoms with E-state index in [0.717, 1.165) is 48.3 Å². The average Bonchev–Trinajstić information content (AvgIpc) is 3.30. The number of hydrogen-bond acceptors (Lipinski definition) is 3. The Bertz CT molecular complexity index is 1090. The summed E-state index contributed by atoms with van der Waals surface area (Å²) in [5.74, 6) is 0.00416. The average molecular weight is 418 g/mol. The zero-order chi connectivity index (χ0) is 20.8. The van der Waals surface area contributed by atoms with Crippen molar-refractivity contribution in [2.24, 2.45) is 0 Å². The van der Waals surface area contributed by atoms with Crippen molar-refractivity contribution < 1.29 is 8.42 Å². The van der Waals surface area contributed by atoms with Crippen LogP contribution in [0, 0.1) is 0 Å². The minimum atomic E-state index is -3.55. The Balaban J connectivity index is 1.87. The molecule has 1 saturated heterocycles. The Labute approximate surface area is 179 Å². The van der Waals surface area contributed by atoms with E-state index in [1.807, 2.05) is 78.9 Å². The fourth-order valence-electron chi connectivity index (χ4n) is 4.09. The molecule has 0 aliphatic carbocycles. The van der Waals surface area contributed by atoms with Crippen molar-refractivity contribution in [1.82, 2.24) is 4.90 Å². The third kappa shape index (κ3) is 4.82. The second kappa shape index (κ2) is 9.31. The predicted molar refractivity (Wildman–Crippen MR) is 123 cm³/mol. The van der Waals surface area contributed by atoms with Gasteiger partial charge in [-0.3, -0.25) is 0 Å². The lowest BCUT2D eigenvalue weighted by molar-refractivity contribution is 0.419. The standard InChI is InChI=1S/C26H27NO2S/c28-30(29,21-23-14-6-2-7-15-23)26(24-16-8-3-9-17-24)25(27-18-10-11-19-27)20-22-12-4-1-5-13-22/h1-9,12-17H,10-11,18-21H2/b26-25-. The van der Waals surface area contributed by atoms with Crippen molar-refractivity contribution in [2.75, 3.05) is 13.1 Å². The maximum Gasteiger partial charge on any atom is 0.184 e. The van der Waals surface area contributed by atoms with E-state index in [2.05, 4.69) is 17.0 Å². The number of sulfone groups is 1. The summed E-state index contributed by atoms with van der Waals surface area (Å²) < 4.78 is 27.6. The highest BCUT2D eigenvalue weighted by Gasteiger charge is 2.28. The number of hydrogen-bond donors (Lipinski definition) is 0. The maximum atomic E-state index is 13.8. The van der Waals surface area contributed by atoms with Crippen LogP contribution in [-0.4, -0.2) is 26.4 Å². The Hall–Kier alpha value is -2.85. The van der Waals surface area contributed by atoms with Gasteiger partial charge in [0.2, 0.25) is 0 Å². The molecule has 0 bridgehead atoms. The number of allylic oxidation sites excluding steroid dienone is 1. The highest BCUT2D eigenvalue weighted by molar-refractivity contribution is 7.99. The van der Waals surface area contributed by atoms with E-state index in [9.17, 15) is 8.42 Å². The highest BCUT2D eigenvalue weighted by atomic mass is 32.2. The summed E-state index contributed by atoms with van der Waals surface area (Å²) in [5, 5.41) is 0. The molecule has 4 rings (SSSR count). The van der Waals surface area contributed by atoms with Crippen LogP contribution in [0.2, 0.25) is 0 Å². The van der Waals surface area contributed by atoms with Gasteiger partial charge in [-0.25, -0.2) is 8.42 Å². The van der Waals surface area contributed by atoms with E-state index in [1.165, 1.54) is 0 Å². The quantitative estimate of drug-likeness (QED) is 0.523. The summed E-state index contributed by atoms with van der Waals surface area (Å²) >= 11 is 0. The summed E-state index contributed by atoms with van der Waals surface area (Å²) in [6.45, 7) is 1.80. The van der Waals surface area contributed by atoms with E-state index in [4.69, 9.17) is 0 Å². The van der Waals surface area contributed by atoms with Gasteiger partial charge < -0.3 is 4.90 Å². The van der Waals surface area contributed by atoms with Crippen LogP contribution in [0.1, 0.15) is 29.5 Å². The van der Waals surface area contributed by atoms with E-state index in [-0.39, 0.29) is 5.75 Å². The van der Waals surface area contributed by atoms with Gasteiger partial charge in [0.15, 0.2) is 9.84 Å². The molecule has 0 unspecified atom stereocenters. The second-order valence-electron chi connectivity index (χ2n) is 7.74. The zero-order valence-electron chi connectivity index (χ0n) is 17.1. The molecule has 0 atom stereocenters. The molecule has 154 valence electrons. The molecule has 3 aromatic carbocycles. The first kappa shape index (κ1) is 20.4. The largest absolute Gasteiger partial charge is 0.373 e. The van der Waals surface area contributed by atoms with Crippen LogP contribution in [0.15, 0.2) is 96.7 Å². The minimum absolute atomic E-state index is 0.00416. The van der Waals surface area contributed by atoms with Gasteiger partial charge in [0.1, 0.15) is 0 Å². The lowest BCUT2D eigenvalue weighted by atomic mass is 10.1. The zero-order valence-corrected chi connectivity index (χ0v) is 17.9. The van der Waals surface area contributed by atoms with Crippen LogP contribution >= 0.6 is 0 Å². The Morgan fingerprint density at radius 3 is 1.77 bits per heavy atom. The van der Waals surface area contributed by atoms with Crippen LogP contribution in [-0.2, 0) is 22.0 Å². The van der Waals surface area contributed by atoms with E-state index in [1.54, 1.807) is 0 Å². The molecule has 1 fully saturated rings. The van der Waals surface area contributed by atoms with Gasteiger partial charge in [0.25, 0.3) is 0 Å². The van der Waals surface area contributed by atoms with Gasteiger partial charge in [0, 0.05) is 25.2 Å². The van der Waals surface area contributed by atoms with Gasteiger partial charge in [0.05, 0.1) is 10.7 Å². The summed E-state index contributed by atoms with van der Waals surface area (Å²) in [6.07, 6.45) is 2.80. The Morgan fingerprint density at radius 1 is 0.700 bits per heavy atom. The number of rotatable bonds is 7. The molecule has 1 aliphatic rings. The highest BCUT2D eigenvalue weighted by Crippen LogP contribution is 2.33. The van der Waals surface area contributed by atoms with E-state index < -0.39 is 9.84 Å². The van der Waals surface area contributed by atoms with Crippen molar-refractivity contribution in [3.8, 4) is 0 Å². The van der Waals surface area contributed by atoms with Crippen LogP contribution in [0.3, 0.4) is 0 Å². The minimum Gasteiger partial charge on any atom is -0.373 e. The van der Waals surface area contributed by atoms with Crippen molar-refractivity contribution in [2.45, 2.75) is 25.0 Å². The van der Waals surface area contributed by atoms with E-state index in [0.29, 0.717) is 11.3 Å². The van der Waals surface area contributed by atoms with Crippen LogP contribution in [0.5, 0.6) is 0 Å². The molecule has 0 saturated carbocycles. The van der Waals surface area contributed by atoms with Crippen LogP contribution in [0.4, 0.5) is 0 Å². The monoisotopic (exact) mass is 417 g/mol. The van der Waals surface area contributed by atoms with Gasteiger partial charge >= 0.3 is 0 Å². The molecule has 1 heterocycles. The van der Waals surface area contributed by atoms with Crippen LogP contribution < -0.4 is 0 Å². The molecule has 0 N–H and O–H groups in total. The fourth-order valence-corrected chi connectivity index (χ4v) is 5.92. The number of likely N-dealkylation sites (tertiary alicyclic amines) is 1. The second-order valence-corrected chi connectivity index (χ2v) is 9.67. The molecule has 0 spiro atoms. The topological polar surface area (TPSA) is 37.4 Å². The molecule has 30 heavy (non-hydrogen) atoms. The third-order valence-electron chi connectivity index (χ3n) is 5.51. The third-order valence-corrected chi connectivity index (χ3v) is 7.32. The molecule has 1 aliphatic heterocycles.